The summed E-state index contributed by atoms with van der Waals surface area (Å²) in [6.07, 6.45) is 1.44. The van der Waals surface area contributed by atoms with E-state index in [4.69, 9.17) is 8.83 Å². The van der Waals surface area contributed by atoms with Gasteiger partial charge in [0.05, 0.1) is 0 Å². The molecule has 3 aromatic rings. The van der Waals surface area contributed by atoms with Gasteiger partial charge in [-0.05, 0) is 57.2 Å². The van der Waals surface area contributed by atoms with E-state index < -0.39 is 17.6 Å². The number of aliphatic carboxylic acids is 1. The molecule has 2 aromatic heterocycles. The van der Waals surface area contributed by atoms with Gasteiger partial charge in [0.15, 0.2) is 0 Å². The summed E-state index contributed by atoms with van der Waals surface area (Å²) in [7, 11) is 0. The van der Waals surface area contributed by atoms with Crippen LogP contribution in [0.1, 0.15) is 41.7 Å². The molecule has 1 aromatic carbocycles. The van der Waals surface area contributed by atoms with Gasteiger partial charge in [-0.25, -0.2) is 9.59 Å². The van der Waals surface area contributed by atoms with E-state index in [0.29, 0.717) is 36.1 Å². The number of carbonyl (C=O) groups excluding carboxylic acids is 1. The number of nitrogens with zero attached hydrogens (tertiary/aromatic N) is 1. The van der Waals surface area contributed by atoms with Crippen molar-refractivity contribution < 1.29 is 23.5 Å². The van der Waals surface area contributed by atoms with Crippen LogP contribution in [-0.2, 0) is 16.0 Å². The zero-order valence-electron chi connectivity index (χ0n) is 16.7. The highest BCUT2D eigenvalue weighted by Gasteiger charge is 2.33. The lowest BCUT2D eigenvalue weighted by Gasteiger charge is -2.21. The van der Waals surface area contributed by atoms with Crippen molar-refractivity contribution in [2.24, 2.45) is 0 Å². The maximum absolute atomic E-state index is 12.6. The van der Waals surface area contributed by atoms with Crippen molar-refractivity contribution in [1.29, 1.82) is 0 Å². The van der Waals surface area contributed by atoms with Crippen LogP contribution in [0.2, 0.25) is 0 Å². The van der Waals surface area contributed by atoms with E-state index in [-0.39, 0.29) is 18.7 Å². The Hall–Kier alpha value is -3.09. The van der Waals surface area contributed by atoms with Gasteiger partial charge in [-0.1, -0.05) is 0 Å². The van der Waals surface area contributed by atoms with Gasteiger partial charge in [0, 0.05) is 35.4 Å². The van der Waals surface area contributed by atoms with Gasteiger partial charge in [0.25, 0.3) is 0 Å². The average molecular weight is 397 g/mol. The molecular formula is C22H23NO6. The van der Waals surface area contributed by atoms with E-state index in [9.17, 15) is 19.5 Å². The largest absolute Gasteiger partial charge is 0.480 e. The van der Waals surface area contributed by atoms with E-state index in [2.05, 4.69) is 0 Å². The fourth-order valence-electron chi connectivity index (χ4n) is 4.21. The first-order valence-electron chi connectivity index (χ1n) is 9.76. The minimum absolute atomic E-state index is 0.0764. The van der Waals surface area contributed by atoms with Crippen molar-refractivity contribution in [2.45, 2.75) is 52.5 Å². The van der Waals surface area contributed by atoms with Crippen molar-refractivity contribution >= 4 is 33.8 Å². The third kappa shape index (κ3) is 3.20. The molecule has 1 saturated heterocycles. The van der Waals surface area contributed by atoms with Gasteiger partial charge in [-0.3, -0.25) is 4.79 Å². The Morgan fingerprint density at radius 2 is 1.79 bits per heavy atom. The molecule has 1 fully saturated rings. The molecule has 152 valence electrons. The highest BCUT2D eigenvalue weighted by atomic mass is 16.4. The second kappa shape index (κ2) is 7.06. The minimum Gasteiger partial charge on any atom is -0.480 e. The van der Waals surface area contributed by atoms with Gasteiger partial charge in [0.2, 0.25) is 5.91 Å². The van der Waals surface area contributed by atoms with Crippen LogP contribution < -0.4 is 5.63 Å². The fourth-order valence-corrected chi connectivity index (χ4v) is 4.21. The Kier molecular flexibility index (Phi) is 4.68. The van der Waals surface area contributed by atoms with Crippen LogP contribution in [0.3, 0.4) is 0 Å². The lowest BCUT2D eigenvalue weighted by Crippen LogP contribution is -2.40. The lowest BCUT2D eigenvalue weighted by molar-refractivity contribution is -0.148. The van der Waals surface area contributed by atoms with E-state index in [1.54, 1.807) is 6.07 Å². The highest BCUT2D eigenvalue weighted by Crippen LogP contribution is 2.31. The first-order chi connectivity index (χ1) is 13.8. The molecule has 0 radical (unpaired) electrons. The molecule has 1 N–H and O–H groups in total. The maximum atomic E-state index is 12.6. The standard InChI is InChI=1S/C22H23NO6/c1-11-13(3)28-18-10-19-16(9-15(11)18)12(2)14(22(27)29-19)6-7-20(24)23-8-4-5-17(23)21(25)26/h9-10,17H,4-8H2,1-3H3,(H,25,26)/t17-/m1/s1. The molecule has 1 aliphatic rings. The summed E-state index contributed by atoms with van der Waals surface area (Å²) in [6.45, 7) is 6.17. The summed E-state index contributed by atoms with van der Waals surface area (Å²) < 4.78 is 11.2. The Morgan fingerprint density at radius 1 is 1.10 bits per heavy atom. The molecule has 0 aliphatic carbocycles. The predicted octanol–water partition coefficient (Wildman–Crippen LogP) is 3.47. The number of benzene rings is 1. The molecule has 1 aliphatic heterocycles. The molecule has 0 unspecified atom stereocenters. The van der Waals surface area contributed by atoms with Crippen LogP contribution in [0.25, 0.3) is 21.9 Å². The minimum atomic E-state index is -0.980. The van der Waals surface area contributed by atoms with Gasteiger partial charge >= 0.3 is 11.6 Å². The number of fused-ring (bicyclic) bond motifs is 2. The topological polar surface area (TPSA) is 101 Å². The number of hydrogen-bond acceptors (Lipinski definition) is 5. The maximum Gasteiger partial charge on any atom is 0.339 e. The molecule has 7 nitrogen and oxygen atoms in total. The van der Waals surface area contributed by atoms with E-state index in [1.807, 2.05) is 26.8 Å². The van der Waals surface area contributed by atoms with Crippen LogP contribution in [-0.4, -0.2) is 34.5 Å². The molecule has 0 spiro atoms. The SMILES string of the molecule is Cc1oc2cc3oc(=O)c(CCC(=O)N4CCC[C@@H]4C(=O)O)c(C)c3cc2c1C. The second-order valence-electron chi connectivity index (χ2n) is 7.70. The average Bonchev–Trinajstić information content (AvgIpc) is 3.26. The molecule has 3 heterocycles. The van der Waals surface area contributed by atoms with Gasteiger partial charge < -0.3 is 18.8 Å². The Labute approximate surface area is 166 Å². The van der Waals surface area contributed by atoms with Crippen molar-refractivity contribution in [3.63, 3.8) is 0 Å². The summed E-state index contributed by atoms with van der Waals surface area (Å²) in [6, 6.07) is 2.92. The molecule has 0 bridgehead atoms. The van der Waals surface area contributed by atoms with Crippen molar-refractivity contribution in [1.82, 2.24) is 4.90 Å². The number of carbonyl (C=O) groups is 2. The second-order valence-corrected chi connectivity index (χ2v) is 7.70. The van der Waals surface area contributed by atoms with Crippen LogP contribution >= 0.6 is 0 Å². The van der Waals surface area contributed by atoms with Crippen molar-refractivity contribution in [2.75, 3.05) is 6.54 Å². The normalized spacial score (nSPS) is 16.8. The third-order valence-electron chi connectivity index (χ3n) is 6.03. The summed E-state index contributed by atoms with van der Waals surface area (Å²) >= 11 is 0. The van der Waals surface area contributed by atoms with Gasteiger partial charge in [-0.15, -0.1) is 0 Å². The quantitative estimate of drug-likeness (QED) is 0.677. The Bertz CT molecular complexity index is 1200. The summed E-state index contributed by atoms with van der Waals surface area (Å²) in [5.41, 5.74) is 2.92. The van der Waals surface area contributed by atoms with Gasteiger partial charge in [-0.2, -0.15) is 0 Å². The van der Waals surface area contributed by atoms with E-state index in [0.717, 1.165) is 27.7 Å². The van der Waals surface area contributed by atoms with E-state index >= 15 is 0 Å². The Balaban J connectivity index is 1.66. The van der Waals surface area contributed by atoms with Crippen LogP contribution in [0.5, 0.6) is 0 Å². The lowest BCUT2D eigenvalue weighted by atomic mass is 10.00. The van der Waals surface area contributed by atoms with Crippen molar-refractivity contribution in [3.05, 3.63) is 45.0 Å². The highest BCUT2D eigenvalue weighted by molar-refractivity contribution is 5.96. The number of aryl methyl sites for hydroxylation is 3. The molecule has 7 heteroatoms. The monoisotopic (exact) mass is 397 g/mol. The zero-order valence-corrected chi connectivity index (χ0v) is 16.7. The number of furan rings is 1. The number of rotatable bonds is 4. The Morgan fingerprint density at radius 3 is 2.52 bits per heavy atom. The molecule has 4 rings (SSSR count). The zero-order chi connectivity index (χ0) is 20.9. The van der Waals surface area contributed by atoms with Crippen molar-refractivity contribution in [3.8, 4) is 0 Å². The molecule has 1 amide bonds. The molecule has 1 atom stereocenters. The number of amides is 1. The predicted molar refractivity (Wildman–Crippen MR) is 107 cm³/mol. The molecular weight excluding hydrogens is 374 g/mol. The van der Waals surface area contributed by atoms with Crippen LogP contribution in [0.15, 0.2) is 25.8 Å². The summed E-state index contributed by atoms with van der Waals surface area (Å²) in [5.74, 6) is -0.405. The first-order valence-corrected chi connectivity index (χ1v) is 9.76. The first kappa shape index (κ1) is 19.2. The van der Waals surface area contributed by atoms with E-state index in [1.165, 1.54) is 4.90 Å². The number of carboxylic acid groups (broad SMARTS) is 1. The molecule has 29 heavy (non-hydrogen) atoms. The smallest absolute Gasteiger partial charge is 0.339 e. The number of likely N-dealkylation sites (tertiary alicyclic amines) is 1. The van der Waals surface area contributed by atoms with Crippen LogP contribution in [0.4, 0.5) is 0 Å². The van der Waals surface area contributed by atoms with Crippen LogP contribution in [0, 0.1) is 20.8 Å². The summed E-state index contributed by atoms with van der Waals surface area (Å²) in [5, 5.41) is 11.0. The fraction of sp³-hybridized carbons (Fsp3) is 0.409. The van der Waals surface area contributed by atoms with Gasteiger partial charge in [0.1, 0.15) is 23.0 Å². The molecule has 0 saturated carbocycles. The summed E-state index contributed by atoms with van der Waals surface area (Å²) in [4.78, 5) is 37.8. The number of hydrogen-bond donors (Lipinski definition) is 1. The third-order valence-corrected chi connectivity index (χ3v) is 6.03. The number of carboxylic acids is 1.